The molecule has 0 bridgehead atoms. The number of likely N-dealkylation sites (tertiary alicyclic amines) is 1. The van der Waals surface area contributed by atoms with Gasteiger partial charge in [-0.15, -0.1) is 0 Å². The third-order valence-corrected chi connectivity index (χ3v) is 11.9. The lowest BCUT2D eigenvalue weighted by Gasteiger charge is -2.41. The van der Waals surface area contributed by atoms with Gasteiger partial charge in [0.05, 0.1) is 42.7 Å². The van der Waals surface area contributed by atoms with Crippen LogP contribution in [0.15, 0.2) is 30.3 Å². The molecule has 1 heterocycles. The van der Waals surface area contributed by atoms with Crippen LogP contribution in [0.3, 0.4) is 0 Å². The van der Waals surface area contributed by atoms with E-state index in [2.05, 4.69) is 5.32 Å². The lowest BCUT2D eigenvalue weighted by Crippen LogP contribution is -2.60. The number of carboxylic acid groups (broad SMARTS) is 1. The number of carbonyl (C=O) groups excluding carboxylic acids is 4. The second-order valence-electron chi connectivity index (χ2n) is 16.7. The van der Waals surface area contributed by atoms with Crippen molar-refractivity contribution in [2.24, 2.45) is 29.6 Å². The highest BCUT2D eigenvalue weighted by Crippen LogP contribution is 2.31. The lowest BCUT2D eigenvalue weighted by molar-refractivity contribution is -0.148. The zero-order valence-electron chi connectivity index (χ0n) is 35.9. The van der Waals surface area contributed by atoms with E-state index >= 15 is 0 Å². The summed E-state index contributed by atoms with van der Waals surface area (Å²) in [7, 11) is 6.73. The fourth-order valence-corrected chi connectivity index (χ4v) is 8.17. The van der Waals surface area contributed by atoms with Gasteiger partial charge in [0, 0.05) is 46.2 Å². The van der Waals surface area contributed by atoms with Gasteiger partial charge in [-0.2, -0.15) is 0 Å². The molecule has 55 heavy (non-hydrogen) atoms. The first-order valence-corrected chi connectivity index (χ1v) is 20.3. The van der Waals surface area contributed by atoms with Crippen LogP contribution in [0.1, 0.15) is 100.0 Å². The SMILES string of the molecule is CC[C@H](C)C([C@@H](CC(=O)N1CCC[C@H]1[C@H](OC)[C@@H](C)C(=O)C[C@@H](Cc1ccccc1)C(=O)O)OC)N(C)C(=O)[C@@H](NC(=O)[C@H](C(C)C)N(C)C(C)C)C(C)C. The molecule has 1 aliphatic rings. The van der Waals surface area contributed by atoms with Crippen LogP contribution in [-0.2, 0) is 39.9 Å². The monoisotopic (exact) mass is 773 g/mol. The van der Waals surface area contributed by atoms with Crippen molar-refractivity contribution < 1.29 is 38.6 Å². The molecule has 1 aromatic carbocycles. The minimum atomic E-state index is -1.03. The Labute approximate surface area is 331 Å². The van der Waals surface area contributed by atoms with Gasteiger partial charge in [-0.05, 0) is 63.5 Å². The molecule has 3 amide bonds. The molecule has 0 radical (unpaired) electrons. The van der Waals surface area contributed by atoms with E-state index in [1.807, 2.05) is 97.7 Å². The standard InChI is InChI=1S/C43H72N4O8/c1-14-29(8)39(46(11)42(51)37(26(2)3)44-41(50)38(27(4)5)45(10)28(6)7)35(54-12)25-36(49)47-22-18-21-33(47)40(55-13)30(9)34(48)24-32(43(52)53)23-31-19-16-15-17-20-31/h15-17,19-20,26-30,32-33,35,37-40H,14,18,21-25H2,1-13H3,(H,44,50)(H,52,53)/t29-,30-,32+,33-,35+,37-,38-,39?,40+/m0/s1. The number of nitrogens with zero attached hydrogens (tertiary/aromatic N) is 3. The van der Waals surface area contributed by atoms with Crippen molar-refractivity contribution in [1.82, 2.24) is 20.0 Å². The first-order valence-electron chi connectivity index (χ1n) is 20.3. The van der Waals surface area contributed by atoms with E-state index in [1.165, 1.54) is 7.11 Å². The minimum Gasteiger partial charge on any atom is -0.481 e. The van der Waals surface area contributed by atoms with Crippen molar-refractivity contribution in [1.29, 1.82) is 0 Å². The summed E-state index contributed by atoms with van der Waals surface area (Å²) in [6.45, 7) is 18.2. The molecule has 12 heteroatoms. The van der Waals surface area contributed by atoms with E-state index in [0.717, 1.165) is 18.4 Å². The number of amides is 3. The Kier molecular flexibility index (Phi) is 19.5. The zero-order valence-corrected chi connectivity index (χ0v) is 35.9. The van der Waals surface area contributed by atoms with E-state index in [0.29, 0.717) is 13.0 Å². The van der Waals surface area contributed by atoms with Crippen LogP contribution in [0.2, 0.25) is 0 Å². The molecule has 1 fully saturated rings. The number of rotatable bonds is 23. The second kappa shape index (κ2) is 22.4. The van der Waals surface area contributed by atoms with Crippen LogP contribution >= 0.6 is 0 Å². The number of carboxylic acids is 1. The summed E-state index contributed by atoms with van der Waals surface area (Å²) in [4.78, 5) is 73.5. The molecule has 1 aromatic rings. The number of benzene rings is 1. The van der Waals surface area contributed by atoms with E-state index in [9.17, 15) is 29.1 Å². The topological polar surface area (TPSA) is 146 Å². The van der Waals surface area contributed by atoms with Gasteiger partial charge in [0.25, 0.3) is 0 Å². The first kappa shape index (κ1) is 47.8. The number of ketones is 1. The van der Waals surface area contributed by atoms with Crippen LogP contribution < -0.4 is 5.32 Å². The highest BCUT2D eigenvalue weighted by molar-refractivity contribution is 5.90. The lowest BCUT2D eigenvalue weighted by atomic mass is 9.85. The number of methoxy groups -OCH3 is 2. The molecule has 0 saturated carbocycles. The number of Topliss-reactive ketones (excluding diaryl/α,β-unsaturated/α-hetero) is 1. The zero-order chi connectivity index (χ0) is 41.7. The summed E-state index contributed by atoms with van der Waals surface area (Å²) in [5.74, 6) is -3.57. The van der Waals surface area contributed by atoms with Crippen LogP contribution in [0.5, 0.6) is 0 Å². The first-order chi connectivity index (χ1) is 25.8. The summed E-state index contributed by atoms with van der Waals surface area (Å²) in [6.07, 6.45) is 0.925. The summed E-state index contributed by atoms with van der Waals surface area (Å²) in [6, 6.07) is 7.35. The van der Waals surface area contributed by atoms with E-state index in [-0.39, 0.29) is 72.6 Å². The molecule has 12 nitrogen and oxygen atoms in total. The van der Waals surface area contributed by atoms with Gasteiger partial charge >= 0.3 is 5.97 Å². The molecule has 312 valence electrons. The van der Waals surface area contributed by atoms with Crippen molar-refractivity contribution in [3.8, 4) is 0 Å². The molecular formula is C43H72N4O8. The van der Waals surface area contributed by atoms with Crippen molar-refractivity contribution in [3.63, 3.8) is 0 Å². The number of nitrogens with one attached hydrogen (secondary N) is 1. The van der Waals surface area contributed by atoms with Gasteiger partial charge in [-0.1, -0.05) is 85.2 Å². The highest BCUT2D eigenvalue weighted by Gasteiger charge is 2.43. The summed E-state index contributed by atoms with van der Waals surface area (Å²) in [5, 5.41) is 13.0. The van der Waals surface area contributed by atoms with Gasteiger partial charge in [0.2, 0.25) is 17.7 Å². The van der Waals surface area contributed by atoms with Crippen LogP contribution in [0.4, 0.5) is 0 Å². The maximum absolute atomic E-state index is 14.3. The predicted octanol–water partition coefficient (Wildman–Crippen LogP) is 5.32. The molecule has 2 N–H and O–H groups in total. The molecule has 1 saturated heterocycles. The fourth-order valence-electron chi connectivity index (χ4n) is 8.17. The maximum atomic E-state index is 14.3. The van der Waals surface area contributed by atoms with E-state index in [1.54, 1.807) is 30.9 Å². The Hall–Kier alpha value is -3.35. The predicted molar refractivity (Wildman–Crippen MR) is 215 cm³/mol. The van der Waals surface area contributed by atoms with Crippen molar-refractivity contribution >= 4 is 29.5 Å². The highest BCUT2D eigenvalue weighted by atomic mass is 16.5. The number of likely N-dealkylation sites (N-methyl/N-ethyl adjacent to an activating group) is 2. The van der Waals surface area contributed by atoms with Crippen LogP contribution in [0.25, 0.3) is 0 Å². The van der Waals surface area contributed by atoms with E-state index < -0.39 is 48.1 Å². The normalized spacial score (nSPS) is 19.1. The number of hydrogen-bond acceptors (Lipinski definition) is 8. The van der Waals surface area contributed by atoms with Gasteiger partial charge in [-0.3, -0.25) is 28.9 Å². The molecule has 1 aliphatic heterocycles. The summed E-state index contributed by atoms with van der Waals surface area (Å²) >= 11 is 0. The number of aliphatic carboxylic acids is 1. The smallest absolute Gasteiger partial charge is 0.307 e. The third kappa shape index (κ3) is 12.8. The fraction of sp³-hybridized carbons (Fsp3) is 0.744. The average molecular weight is 773 g/mol. The third-order valence-electron chi connectivity index (χ3n) is 11.9. The van der Waals surface area contributed by atoms with Gasteiger partial charge < -0.3 is 29.7 Å². The molecule has 1 unspecified atom stereocenters. The number of carbonyl (C=O) groups is 5. The summed E-state index contributed by atoms with van der Waals surface area (Å²) in [5.41, 5.74) is 0.848. The molecular weight excluding hydrogens is 700 g/mol. The maximum Gasteiger partial charge on any atom is 0.307 e. The number of ether oxygens (including phenoxy) is 2. The Morgan fingerprint density at radius 3 is 2.02 bits per heavy atom. The number of hydrogen-bond donors (Lipinski definition) is 2. The Morgan fingerprint density at radius 2 is 1.53 bits per heavy atom. The average Bonchev–Trinajstić information content (AvgIpc) is 3.62. The molecule has 0 aliphatic carbocycles. The van der Waals surface area contributed by atoms with Gasteiger partial charge in [-0.25, -0.2) is 0 Å². The van der Waals surface area contributed by atoms with Crippen molar-refractivity contribution in [3.05, 3.63) is 35.9 Å². The Balaban J connectivity index is 2.29. The molecule has 0 aromatic heterocycles. The molecule has 0 spiro atoms. The largest absolute Gasteiger partial charge is 0.481 e. The van der Waals surface area contributed by atoms with E-state index in [4.69, 9.17) is 9.47 Å². The summed E-state index contributed by atoms with van der Waals surface area (Å²) < 4.78 is 11.9. The minimum absolute atomic E-state index is 0.00383. The quantitative estimate of drug-likeness (QED) is 0.151. The van der Waals surface area contributed by atoms with Crippen LogP contribution in [0, 0.1) is 29.6 Å². The van der Waals surface area contributed by atoms with Crippen LogP contribution in [-0.4, -0.2) is 127 Å². The van der Waals surface area contributed by atoms with Gasteiger partial charge in [0.15, 0.2) is 0 Å². The Bertz CT molecular complexity index is 1390. The Morgan fingerprint density at radius 1 is 0.909 bits per heavy atom. The van der Waals surface area contributed by atoms with Crippen molar-refractivity contribution in [2.75, 3.05) is 34.9 Å². The van der Waals surface area contributed by atoms with Crippen molar-refractivity contribution in [2.45, 2.75) is 143 Å². The second-order valence-corrected chi connectivity index (χ2v) is 16.7. The van der Waals surface area contributed by atoms with Gasteiger partial charge in [0.1, 0.15) is 11.8 Å². The molecule has 9 atom stereocenters. The molecule has 2 rings (SSSR count).